The molecule has 0 aromatic heterocycles. The number of nitrogens with one attached hydrogen (secondary N) is 1. The smallest absolute Gasteiger partial charge is 0.109 e. The van der Waals surface area contributed by atoms with Gasteiger partial charge in [-0.05, 0) is 12.1 Å². The third kappa shape index (κ3) is 2.77. The molecule has 15 heavy (non-hydrogen) atoms. The van der Waals surface area contributed by atoms with Gasteiger partial charge in [-0.15, -0.1) is 0 Å². The molecule has 0 amide bonds. The van der Waals surface area contributed by atoms with Gasteiger partial charge in [0.15, 0.2) is 0 Å². The molecule has 0 radical (unpaired) electrons. The third-order valence-electron chi connectivity index (χ3n) is 2.48. The second kappa shape index (κ2) is 5.05. The van der Waals surface area contributed by atoms with Gasteiger partial charge in [0.1, 0.15) is 4.99 Å². The van der Waals surface area contributed by atoms with Crippen LogP contribution in [-0.2, 0) is 0 Å². The molecule has 0 saturated carbocycles. The third-order valence-corrected chi connectivity index (χ3v) is 3.46. The van der Waals surface area contributed by atoms with E-state index in [9.17, 15) is 0 Å². The summed E-state index contributed by atoms with van der Waals surface area (Å²) in [7, 11) is 0. The molecule has 1 aliphatic heterocycles. The highest BCUT2D eigenvalue weighted by atomic mass is 79.9. The molecule has 1 aliphatic rings. The SMILES string of the molecule is S=C(c1cccc(Br)c1)N1CCNCC1. The van der Waals surface area contributed by atoms with Crippen LogP contribution in [0.2, 0.25) is 0 Å². The number of benzene rings is 1. The van der Waals surface area contributed by atoms with Crippen molar-refractivity contribution in [1.29, 1.82) is 0 Å². The monoisotopic (exact) mass is 284 g/mol. The molecule has 1 aromatic carbocycles. The number of rotatable bonds is 1. The van der Waals surface area contributed by atoms with Crippen LogP contribution in [0.4, 0.5) is 0 Å². The molecule has 1 N–H and O–H groups in total. The van der Waals surface area contributed by atoms with Crippen molar-refractivity contribution in [2.75, 3.05) is 26.2 Å². The van der Waals surface area contributed by atoms with E-state index >= 15 is 0 Å². The fourth-order valence-electron chi connectivity index (χ4n) is 1.67. The number of hydrogen-bond acceptors (Lipinski definition) is 2. The number of hydrogen-bond donors (Lipinski definition) is 1. The zero-order chi connectivity index (χ0) is 10.7. The van der Waals surface area contributed by atoms with Crippen LogP contribution in [0.1, 0.15) is 5.56 Å². The van der Waals surface area contributed by atoms with Crippen molar-refractivity contribution < 1.29 is 0 Å². The van der Waals surface area contributed by atoms with Gasteiger partial charge in [-0.3, -0.25) is 0 Å². The first-order valence-corrected chi connectivity index (χ1v) is 6.23. The van der Waals surface area contributed by atoms with Crippen LogP contribution in [0, 0.1) is 0 Å². The minimum Gasteiger partial charge on any atom is -0.360 e. The van der Waals surface area contributed by atoms with E-state index in [4.69, 9.17) is 12.2 Å². The summed E-state index contributed by atoms with van der Waals surface area (Å²) in [5.74, 6) is 0. The lowest BCUT2D eigenvalue weighted by Gasteiger charge is -2.29. The molecule has 0 unspecified atom stereocenters. The van der Waals surface area contributed by atoms with Crippen LogP contribution in [-0.4, -0.2) is 36.1 Å². The van der Waals surface area contributed by atoms with Crippen molar-refractivity contribution in [3.8, 4) is 0 Å². The van der Waals surface area contributed by atoms with Gasteiger partial charge in [0.05, 0.1) is 0 Å². The summed E-state index contributed by atoms with van der Waals surface area (Å²) in [6, 6.07) is 8.18. The molecular formula is C11H13BrN2S. The highest BCUT2D eigenvalue weighted by molar-refractivity contribution is 9.10. The lowest BCUT2D eigenvalue weighted by molar-refractivity contribution is 0.363. The molecular weight excluding hydrogens is 272 g/mol. The lowest BCUT2D eigenvalue weighted by Crippen LogP contribution is -2.46. The highest BCUT2D eigenvalue weighted by Gasteiger charge is 2.14. The Kier molecular flexibility index (Phi) is 3.72. The van der Waals surface area contributed by atoms with Crippen LogP contribution in [0.3, 0.4) is 0 Å². The zero-order valence-corrected chi connectivity index (χ0v) is 10.8. The standard InChI is InChI=1S/C11H13BrN2S/c12-10-3-1-2-9(8-10)11(15)14-6-4-13-5-7-14/h1-3,8,13H,4-7H2. The molecule has 2 nitrogen and oxygen atoms in total. The summed E-state index contributed by atoms with van der Waals surface area (Å²) in [6.07, 6.45) is 0. The van der Waals surface area contributed by atoms with Gasteiger partial charge in [0.2, 0.25) is 0 Å². The maximum absolute atomic E-state index is 5.48. The molecule has 4 heteroatoms. The Morgan fingerprint density at radius 3 is 2.73 bits per heavy atom. The Balaban J connectivity index is 2.12. The van der Waals surface area contributed by atoms with Gasteiger partial charge in [-0.1, -0.05) is 40.3 Å². The molecule has 80 valence electrons. The molecule has 0 aliphatic carbocycles. The molecule has 0 spiro atoms. The summed E-state index contributed by atoms with van der Waals surface area (Å²) in [5.41, 5.74) is 1.13. The molecule has 0 atom stereocenters. The van der Waals surface area contributed by atoms with E-state index in [-0.39, 0.29) is 0 Å². The zero-order valence-electron chi connectivity index (χ0n) is 8.37. The van der Waals surface area contributed by atoms with Crippen LogP contribution in [0.5, 0.6) is 0 Å². The average molecular weight is 285 g/mol. The number of piperazine rings is 1. The normalized spacial score (nSPS) is 16.5. The number of thiocarbonyl (C=S) groups is 1. The Labute approximate surface area is 104 Å². The predicted molar refractivity (Wildman–Crippen MR) is 70.3 cm³/mol. The van der Waals surface area contributed by atoms with Crippen molar-refractivity contribution in [3.05, 3.63) is 34.3 Å². The van der Waals surface area contributed by atoms with E-state index in [0.29, 0.717) is 0 Å². The van der Waals surface area contributed by atoms with Crippen LogP contribution < -0.4 is 5.32 Å². The van der Waals surface area contributed by atoms with Gasteiger partial charge >= 0.3 is 0 Å². The Hall–Kier alpha value is -0.450. The second-order valence-corrected chi connectivity index (χ2v) is 4.85. The van der Waals surface area contributed by atoms with Crippen molar-refractivity contribution in [1.82, 2.24) is 10.2 Å². The van der Waals surface area contributed by atoms with Crippen LogP contribution >= 0.6 is 28.1 Å². The van der Waals surface area contributed by atoms with Crippen LogP contribution in [0.15, 0.2) is 28.7 Å². The van der Waals surface area contributed by atoms with E-state index in [1.807, 2.05) is 12.1 Å². The largest absolute Gasteiger partial charge is 0.360 e. The Bertz CT molecular complexity index is 361. The van der Waals surface area contributed by atoms with Gasteiger partial charge in [0, 0.05) is 36.2 Å². The Morgan fingerprint density at radius 1 is 1.33 bits per heavy atom. The van der Waals surface area contributed by atoms with E-state index in [1.54, 1.807) is 0 Å². The van der Waals surface area contributed by atoms with E-state index in [1.165, 1.54) is 0 Å². The number of halogens is 1. The van der Waals surface area contributed by atoms with Crippen molar-refractivity contribution in [2.24, 2.45) is 0 Å². The fourth-order valence-corrected chi connectivity index (χ4v) is 2.38. The van der Waals surface area contributed by atoms with Crippen LogP contribution in [0.25, 0.3) is 0 Å². The molecule has 1 fully saturated rings. The topological polar surface area (TPSA) is 15.3 Å². The lowest BCUT2D eigenvalue weighted by atomic mass is 10.2. The highest BCUT2D eigenvalue weighted by Crippen LogP contribution is 2.14. The molecule has 2 rings (SSSR count). The summed E-state index contributed by atoms with van der Waals surface area (Å²) in [4.78, 5) is 3.21. The minimum atomic E-state index is 0.956. The first-order chi connectivity index (χ1) is 7.27. The molecule has 1 aromatic rings. The average Bonchev–Trinajstić information content (AvgIpc) is 2.29. The fraction of sp³-hybridized carbons (Fsp3) is 0.364. The van der Waals surface area contributed by atoms with Gasteiger partial charge in [0.25, 0.3) is 0 Å². The van der Waals surface area contributed by atoms with Gasteiger partial charge in [-0.25, -0.2) is 0 Å². The van der Waals surface area contributed by atoms with Gasteiger partial charge < -0.3 is 10.2 Å². The first-order valence-electron chi connectivity index (χ1n) is 5.03. The minimum absolute atomic E-state index is 0.956. The molecule has 1 heterocycles. The predicted octanol–water partition coefficient (Wildman–Crippen LogP) is 2.03. The van der Waals surface area contributed by atoms with E-state index in [0.717, 1.165) is 41.2 Å². The van der Waals surface area contributed by atoms with Gasteiger partial charge in [-0.2, -0.15) is 0 Å². The number of nitrogens with zero attached hydrogens (tertiary/aromatic N) is 1. The summed E-state index contributed by atoms with van der Waals surface area (Å²) < 4.78 is 1.08. The van der Waals surface area contributed by atoms with Crippen molar-refractivity contribution in [3.63, 3.8) is 0 Å². The summed E-state index contributed by atoms with van der Waals surface area (Å²) >= 11 is 8.94. The Morgan fingerprint density at radius 2 is 2.07 bits per heavy atom. The van der Waals surface area contributed by atoms with E-state index < -0.39 is 0 Å². The van der Waals surface area contributed by atoms with Crippen molar-refractivity contribution >= 4 is 33.1 Å². The molecule has 0 bridgehead atoms. The van der Waals surface area contributed by atoms with Crippen molar-refractivity contribution in [2.45, 2.75) is 0 Å². The second-order valence-electron chi connectivity index (χ2n) is 3.55. The first kappa shape index (κ1) is 11.0. The molecule has 1 saturated heterocycles. The summed E-state index contributed by atoms with van der Waals surface area (Å²) in [5, 5.41) is 3.32. The maximum Gasteiger partial charge on any atom is 0.109 e. The summed E-state index contributed by atoms with van der Waals surface area (Å²) in [6.45, 7) is 4.05. The van der Waals surface area contributed by atoms with E-state index in [2.05, 4.69) is 38.3 Å². The quantitative estimate of drug-likeness (QED) is 0.795. The maximum atomic E-state index is 5.48.